The van der Waals surface area contributed by atoms with Crippen LogP contribution in [0.1, 0.15) is 18.9 Å². The van der Waals surface area contributed by atoms with Crippen molar-refractivity contribution in [3.05, 3.63) is 52.4 Å². The average molecular weight is 244 g/mol. The van der Waals surface area contributed by atoms with Crippen molar-refractivity contribution in [1.29, 1.82) is 0 Å². The zero-order valence-electron chi connectivity index (χ0n) is 10.7. The second-order valence-electron chi connectivity index (χ2n) is 4.38. The molecule has 94 valence electrons. The quantitative estimate of drug-likeness (QED) is 0.612. The Balaban J connectivity index is 2.52. The summed E-state index contributed by atoms with van der Waals surface area (Å²) in [7, 11) is 1.63. The van der Waals surface area contributed by atoms with Gasteiger partial charge < -0.3 is 9.15 Å². The number of hydrogen-bond acceptors (Lipinski definition) is 3. The summed E-state index contributed by atoms with van der Waals surface area (Å²) in [4.78, 5) is 11.2. The summed E-state index contributed by atoms with van der Waals surface area (Å²) in [6, 6.07) is 6.90. The number of allylic oxidation sites excluding steroid dienone is 1. The van der Waals surface area contributed by atoms with Crippen LogP contribution in [0, 0.1) is 0 Å². The third-order valence-corrected chi connectivity index (χ3v) is 2.86. The van der Waals surface area contributed by atoms with Gasteiger partial charge >= 0.3 is 5.63 Å². The zero-order chi connectivity index (χ0) is 13.1. The van der Waals surface area contributed by atoms with Crippen LogP contribution in [-0.2, 0) is 6.42 Å². The van der Waals surface area contributed by atoms with E-state index in [2.05, 4.69) is 6.58 Å². The number of hydrogen-bond donors (Lipinski definition) is 0. The first-order valence-corrected chi connectivity index (χ1v) is 5.86. The van der Waals surface area contributed by atoms with Crippen LogP contribution in [0.2, 0.25) is 0 Å². The van der Waals surface area contributed by atoms with Gasteiger partial charge in [0.2, 0.25) is 0 Å². The van der Waals surface area contributed by atoms with Crippen LogP contribution in [0.15, 0.2) is 45.6 Å². The molecule has 0 unspecified atom stereocenters. The van der Waals surface area contributed by atoms with Gasteiger partial charge in [-0.3, -0.25) is 0 Å². The third-order valence-electron chi connectivity index (χ3n) is 2.86. The summed E-state index contributed by atoms with van der Waals surface area (Å²) in [6.45, 7) is 5.91. The van der Waals surface area contributed by atoms with Crippen LogP contribution in [0.3, 0.4) is 0 Å². The van der Waals surface area contributed by atoms with Gasteiger partial charge in [-0.05, 0) is 37.5 Å². The maximum absolute atomic E-state index is 11.2. The van der Waals surface area contributed by atoms with E-state index in [4.69, 9.17) is 9.15 Å². The van der Waals surface area contributed by atoms with E-state index in [1.807, 2.05) is 19.1 Å². The molecule has 0 fully saturated rings. The Bertz CT molecular complexity index is 638. The molecule has 0 amide bonds. The highest BCUT2D eigenvalue weighted by atomic mass is 16.5. The molecule has 18 heavy (non-hydrogen) atoms. The maximum Gasteiger partial charge on any atom is 0.336 e. The Morgan fingerprint density at radius 1 is 1.33 bits per heavy atom. The highest BCUT2D eigenvalue weighted by Crippen LogP contribution is 2.30. The van der Waals surface area contributed by atoms with Gasteiger partial charge in [0.05, 0.1) is 12.5 Å². The molecule has 1 aromatic carbocycles. The van der Waals surface area contributed by atoms with Crippen molar-refractivity contribution < 1.29 is 9.15 Å². The topological polar surface area (TPSA) is 39.4 Å². The van der Waals surface area contributed by atoms with Crippen molar-refractivity contribution in [2.75, 3.05) is 7.11 Å². The summed E-state index contributed by atoms with van der Waals surface area (Å²) < 4.78 is 10.6. The second kappa shape index (κ2) is 5.08. The first-order valence-electron chi connectivity index (χ1n) is 5.86. The lowest BCUT2D eigenvalue weighted by Crippen LogP contribution is -1.98. The molecular formula is C15H16O3. The smallest absolute Gasteiger partial charge is 0.336 e. The lowest BCUT2D eigenvalue weighted by molar-refractivity contribution is 0.413. The molecule has 1 heterocycles. The predicted octanol–water partition coefficient (Wildman–Crippen LogP) is 3.31. The van der Waals surface area contributed by atoms with Gasteiger partial charge in [-0.1, -0.05) is 11.6 Å². The number of rotatable bonds is 4. The number of fused-ring (bicyclic) bond motifs is 1. The fourth-order valence-corrected chi connectivity index (χ4v) is 1.95. The minimum Gasteiger partial charge on any atom is -0.496 e. The lowest BCUT2D eigenvalue weighted by atomic mass is 10.0. The molecule has 0 saturated carbocycles. The van der Waals surface area contributed by atoms with Crippen LogP contribution >= 0.6 is 0 Å². The zero-order valence-corrected chi connectivity index (χ0v) is 10.7. The molecule has 0 radical (unpaired) electrons. The van der Waals surface area contributed by atoms with Gasteiger partial charge in [0.1, 0.15) is 11.3 Å². The summed E-state index contributed by atoms with van der Waals surface area (Å²) >= 11 is 0. The van der Waals surface area contributed by atoms with E-state index in [-0.39, 0.29) is 5.63 Å². The first kappa shape index (κ1) is 12.4. The molecule has 3 heteroatoms. The van der Waals surface area contributed by atoms with E-state index in [1.165, 1.54) is 6.07 Å². The Labute approximate surface area is 106 Å². The standard InChI is InChI=1S/C15H16O3/c1-10(2)4-5-11-6-8-13-12(15(11)17-3)7-9-14(16)18-13/h6-9H,1,4-5H2,2-3H3. The Hall–Kier alpha value is -2.03. The van der Waals surface area contributed by atoms with Crippen molar-refractivity contribution in [3.8, 4) is 5.75 Å². The van der Waals surface area contributed by atoms with E-state index in [0.29, 0.717) is 5.58 Å². The van der Waals surface area contributed by atoms with Gasteiger partial charge in [0.25, 0.3) is 0 Å². The van der Waals surface area contributed by atoms with E-state index in [1.54, 1.807) is 13.2 Å². The highest BCUT2D eigenvalue weighted by Gasteiger charge is 2.09. The van der Waals surface area contributed by atoms with E-state index >= 15 is 0 Å². The van der Waals surface area contributed by atoms with Crippen molar-refractivity contribution in [2.45, 2.75) is 19.8 Å². The van der Waals surface area contributed by atoms with E-state index in [9.17, 15) is 4.79 Å². The van der Waals surface area contributed by atoms with Gasteiger partial charge in [-0.15, -0.1) is 6.58 Å². The molecule has 0 aliphatic rings. The molecule has 0 aliphatic heterocycles. The van der Waals surface area contributed by atoms with Crippen LogP contribution in [0.4, 0.5) is 0 Å². The molecule has 0 saturated heterocycles. The Morgan fingerprint density at radius 3 is 2.78 bits per heavy atom. The molecule has 0 spiro atoms. The lowest BCUT2D eigenvalue weighted by Gasteiger charge is -2.10. The fraction of sp³-hybridized carbons (Fsp3) is 0.267. The highest BCUT2D eigenvalue weighted by molar-refractivity contribution is 5.84. The third kappa shape index (κ3) is 2.45. The van der Waals surface area contributed by atoms with E-state index in [0.717, 1.165) is 35.1 Å². The minimum atomic E-state index is -0.348. The molecular weight excluding hydrogens is 228 g/mol. The molecule has 1 aromatic heterocycles. The SMILES string of the molecule is C=C(C)CCc1ccc2oc(=O)ccc2c1OC. The summed E-state index contributed by atoms with van der Waals surface area (Å²) in [6.07, 6.45) is 1.78. The number of benzene rings is 1. The van der Waals surface area contributed by atoms with Crippen molar-refractivity contribution in [3.63, 3.8) is 0 Å². The Morgan fingerprint density at radius 2 is 2.11 bits per heavy atom. The van der Waals surface area contributed by atoms with Crippen molar-refractivity contribution in [1.82, 2.24) is 0 Å². The number of methoxy groups -OCH3 is 1. The summed E-state index contributed by atoms with van der Waals surface area (Å²) in [5.41, 5.74) is 2.44. The van der Waals surface area contributed by atoms with Gasteiger partial charge in [0, 0.05) is 6.07 Å². The predicted molar refractivity (Wildman–Crippen MR) is 72.2 cm³/mol. The normalized spacial score (nSPS) is 10.6. The van der Waals surface area contributed by atoms with Crippen LogP contribution < -0.4 is 10.4 Å². The number of ether oxygens (including phenoxy) is 1. The van der Waals surface area contributed by atoms with Gasteiger partial charge in [-0.25, -0.2) is 4.79 Å². The molecule has 2 rings (SSSR count). The van der Waals surface area contributed by atoms with Crippen molar-refractivity contribution in [2.24, 2.45) is 0 Å². The first-order chi connectivity index (χ1) is 8.61. The largest absolute Gasteiger partial charge is 0.496 e. The molecule has 3 nitrogen and oxygen atoms in total. The van der Waals surface area contributed by atoms with E-state index < -0.39 is 0 Å². The summed E-state index contributed by atoms with van der Waals surface area (Å²) in [5.74, 6) is 0.775. The fourth-order valence-electron chi connectivity index (χ4n) is 1.95. The summed E-state index contributed by atoms with van der Waals surface area (Å²) in [5, 5.41) is 0.830. The van der Waals surface area contributed by atoms with Crippen molar-refractivity contribution >= 4 is 11.0 Å². The molecule has 0 N–H and O–H groups in total. The second-order valence-corrected chi connectivity index (χ2v) is 4.38. The minimum absolute atomic E-state index is 0.348. The monoisotopic (exact) mass is 244 g/mol. The van der Waals surface area contributed by atoms with Gasteiger partial charge in [0.15, 0.2) is 0 Å². The maximum atomic E-state index is 11.2. The average Bonchev–Trinajstić information content (AvgIpc) is 2.35. The Kier molecular flexibility index (Phi) is 3.51. The van der Waals surface area contributed by atoms with Gasteiger partial charge in [-0.2, -0.15) is 0 Å². The molecule has 0 aliphatic carbocycles. The van der Waals surface area contributed by atoms with Crippen LogP contribution in [0.25, 0.3) is 11.0 Å². The molecule has 0 bridgehead atoms. The molecule has 2 aromatic rings. The van der Waals surface area contributed by atoms with Crippen LogP contribution in [-0.4, -0.2) is 7.11 Å². The molecule has 0 atom stereocenters. The number of aryl methyl sites for hydroxylation is 1. The van der Waals surface area contributed by atoms with Crippen LogP contribution in [0.5, 0.6) is 5.75 Å².